The Morgan fingerprint density at radius 1 is 1.24 bits per heavy atom. The quantitative estimate of drug-likeness (QED) is 0.796. The fourth-order valence-corrected chi connectivity index (χ4v) is 1.94. The molecule has 0 spiro atoms. The lowest BCUT2D eigenvalue weighted by molar-refractivity contribution is 0.510. The second kappa shape index (κ2) is 5.37. The van der Waals surface area contributed by atoms with Crippen molar-refractivity contribution < 1.29 is 4.42 Å². The van der Waals surface area contributed by atoms with Crippen LogP contribution in [0.5, 0.6) is 0 Å². The Morgan fingerprint density at radius 3 is 2.82 bits per heavy atom. The Labute approximate surface area is 103 Å². The first-order valence-corrected chi connectivity index (χ1v) is 6.35. The van der Waals surface area contributed by atoms with Crippen LogP contribution in [-0.4, -0.2) is 13.1 Å². The standard InChI is InChI=1S/C15H21NO/c1-11(2)10-16-7-6-14-9-13-8-12(3)4-5-15(13)17-14/h4-5,8-9,11,16H,6-7,10H2,1-3H3. The molecule has 0 saturated carbocycles. The van der Waals surface area contributed by atoms with Crippen LogP contribution >= 0.6 is 0 Å². The van der Waals surface area contributed by atoms with E-state index in [-0.39, 0.29) is 0 Å². The number of nitrogens with one attached hydrogen (secondary N) is 1. The summed E-state index contributed by atoms with van der Waals surface area (Å²) in [5.41, 5.74) is 2.28. The molecule has 2 aromatic rings. The Balaban J connectivity index is 1.95. The molecular weight excluding hydrogens is 210 g/mol. The van der Waals surface area contributed by atoms with E-state index in [4.69, 9.17) is 4.42 Å². The van der Waals surface area contributed by atoms with E-state index in [0.717, 1.165) is 30.9 Å². The minimum absolute atomic E-state index is 0.702. The molecule has 0 aliphatic carbocycles. The number of furan rings is 1. The van der Waals surface area contributed by atoms with Gasteiger partial charge in [0.1, 0.15) is 11.3 Å². The van der Waals surface area contributed by atoms with Crippen LogP contribution in [0.4, 0.5) is 0 Å². The molecule has 92 valence electrons. The molecule has 0 atom stereocenters. The molecule has 2 rings (SSSR count). The predicted molar refractivity (Wildman–Crippen MR) is 72.4 cm³/mol. The first-order chi connectivity index (χ1) is 8.15. The zero-order chi connectivity index (χ0) is 12.3. The highest BCUT2D eigenvalue weighted by Gasteiger charge is 2.03. The summed E-state index contributed by atoms with van der Waals surface area (Å²) in [4.78, 5) is 0. The van der Waals surface area contributed by atoms with Crippen LogP contribution in [0, 0.1) is 12.8 Å². The molecule has 17 heavy (non-hydrogen) atoms. The Bertz CT molecular complexity index is 485. The van der Waals surface area contributed by atoms with Gasteiger partial charge in [-0.1, -0.05) is 25.5 Å². The largest absolute Gasteiger partial charge is 0.461 e. The van der Waals surface area contributed by atoms with Gasteiger partial charge < -0.3 is 9.73 Å². The monoisotopic (exact) mass is 231 g/mol. The summed E-state index contributed by atoms with van der Waals surface area (Å²) in [6, 6.07) is 8.46. The summed E-state index contributed by atoms with van der Waals surface area (Å²) < 4.78 is 5.79. The van der Waals surface area contributed by atoms with Crippen molar-refractivity contribution in [2.75, 3.05) is 13.1 Å². The van der Waals surface area contributed by atoms with Gasteiger partial charge >= 0.3 is 0 Å². The molecule has 0 unspecified atom stereocenters. The summed E-state index contributed by atoms with van der Waals surface area (Å²) in [6.07, 6.45) is 0.959. The summed E-state index contributed by atoms with van der Waals surface area (Å²) in [6.45, 7) is 8.60. The number of aryl methyl sites for hydroxylation is 1. The van der Waals surface area contributed by atoms with Crippen LogP contribution in [0.1, 0.15) is 25.2 Å². The maximum Gasteiger partial charge on any atom is 0.134 e. The highest BCUT2D eigenvalue weighted by Crippen LogP contribution is 2.20. The second-order valence-corrected chi connectivity index (χ2v) is 5.10. The van der Waals surface area contributed by atoms with Crippen molar-refractivity contribution in [2.24, 2.45) is 5.92 Å². The molecule has 0 bridgehead atoms. The molecule has 0 fully saturated rings. The predicted octanol–water partition coefficient (Wildman–Crippen LogP) is 3.53. The van der Waals surface area contributed by atoms with Crippen LogP contribution in [0.2, 0.25) is 0 Å². The lowest BCUT2D eigenvalue weighted by atomic mass is 10.2. The van der Waals surface area contributed by atoms with Gasteiger partial charge in [-0.3, -0.25) is 0 Å². The molecule has 0 radical (unpaired) electrons. The van der Waals surface area contributed by atoms with Gasteiger partial charge in [0, 0.05) is 18.4 Å². The summed E-state index contributed by atoms with van der Waals surface area (Å²) >= 11 is 0. The van der Waals surface area contributed by atoms with E-state index in [0.29, 0.717) is 5.92 Å². The SMILES string of the molecule is Cc1ccc2oc(CCNCC(C)C)cc2c1. The molecule has 0 amide bonds. The average Bonchev–Trinajstić information content (AvgIpc) is 2.66. The lowest BCUT2D eigenvalue weighted by Gasteiger charge is -2.05. The van der Waals surface area contributed by atoms with Gasteiger partial charge in [-0.2, -0.15) is 0 Å². The van der Waals surface area contributed by atoms with Crippen LogP contribution in [0.25, 0.3) is 11.0 Å². The summed E-state index contributed by atoms with van der Waals surface area (Å²) in [5.74, 6) is 1.77. The second-order valence-electron chi connectivity index (χ2n) is 5.10. The zero-order valence-corrected chi connectivity index (χ0v) is 10.9. The van der Waals surface area contributed by atoms with E-state index in [2.05, 4.69) is 50.4 Å². The van der Waals surface area contributed by atoms with Gasteiger partial charge in [0.2, 0.25) is 0 Å². The third kappa shape index (κ3) is 3.34. The van der Waals surface area contributed by atoms with Crippen LogP contribution < -0.4 is 5.32 Å². The van der Waals surface area contributed by atoms with Gasteiger partial charge in [-0.25, -0.2) is 0 Å². The van der Waals surface area contributed by atoms with Crippen LogP contribution in [0.3, 0.4) is 0 Å². The van der Waals surface area contributed by atoms with Crippen LogP contribution in [0.15, 0.2) is 28.7 Å². The van der Waals surface area contributed by atoms with Crippen molar-refractivity contribution in [3.05, 3.63) is 35.6 Å². The maximum atomic E-state index is 5.79. The molecule has 1 heterocycles. The smallest absolute Gasteiger partial charge is 0.134 e. The number of fused-ring (bicyclic) bond motifs is 1. The minimum atomic E-state index is 0.702. The van der Waals surface area contributed by atoms with E-state index < -0.39 is 0 Å². The Hall–Kier alpha value is -1.28. The molecule has 1 N–H and O–H groups in total. The normalized spacial score (nSPS) is 11.5. The number of benzene rings is 1. The van der Waals surface area contributed by atoms with Crippen molar-refractivity contribution in [3.63, 3.8) is 0 Å². The fourth-order valence-electron chi connectivity index (χ4n) is 1.94. The molecule has 0 aliphatic rings. The van der Waals surface area contributed by atoms with Crippen molar-refractivity contribution in [2.45, 2.75) is 27.2 Å². The van der Waals surface area contributed by atoms with E-state index in [1.165, 1.54) is 10.9 Å². The van der Waals surface area contributed by atoms with Gasteiger partial charge in [-0.15, -0.1) is 0 Å². The Morgan fingerprint density at radius 2 is 2.06 bits per heavy atom. The first-order valence-electron chi connectivity index (χ1n) is 6.35. The molecule has 1 aromatic carbocycles. The van der Waals surface area contributed by atoms with Gasteiger partial charge in [-0.05, 0) is 37.6 Å². The number of hydrogen-bond acceptors (Lipinski definition) is 2. The van der Waals surface area contributed by atoms with Crippen molar-refractivity contribution in [1.29, 1.82) is 0 Å². The van der Waals surface area contributed by atoms with Crippen LogP contribution in [-0.2, 0) is 6.42 Å². The summed E-state index contributed by atoms with van der Waals surface area (Å²) in [5, 5.41) is 4.64. The van der Waals surface area contributed by atoms with E-state index in [1.807, 2.05) is 0 Å². The zero-order valence-electron chi connectivity index (χ0n) is 10.9. The summed E-state index contributed by atoms with van der Waals surface area (Å²) in [7, 11) is 0. The molecule has 0 aliphatic heterocycles. The highest BCUT2D eigenvalue weighted by molar-refractivity contribution is 5.78. The third-order valence-corrected chi connectivity index (χ3v) is 2.82. The molecular formula is C15H21NO. The van der Waals surface area contributed by atoms with Crippen molar-refractivity contribution in [3.8, 4) is 0 Å². The van der Waals surface area contributed by atoms with E-state index in [9.17, 15) is 0 Å². The first kappa shape index (κ1) is 12.2. The average molecular weight is 231 g/mol. The fraction of sp³-hybridized carbons (Fsp3) is 0.467. The molecule has 2 heteroatoms. The number of hydrogen-bond donors (Lipinski definition) is 1. The van der Waals surface area contributed by atoms with Crippen molar-refractivity contribution >= 4 is 11.0 Å². The maximum absolute atomic E-state index is 5.79. The molecule has 2 nitrogen and oxygen atoms in total. The minimum Gasteiger partial charge on any atom is -0.461 e. The van der Waals surface area contributed by atoms with Crippen molar-refractivity contribution in [1.82, 2.24) is 5.32 Å². The van der Waals surface area contributed by atoms with Gasteiger partial charge in [0.05, 0.1) is 0 Å². The Kier molecular flexibility index (Phi) is 3.85. The lowest BCUT2D eigenvalue weighted by Crippen LogP contribution is -2.21. The molecule has 0 saturated heterocycles. The van der Waals surface area contributed by atoms with Gasteiger partial charge in [0.25, 0.3) is 0 Å². The van der Waals surface area contributed by atoms with E-state index >= 15 is 0 Å². The number of rotatable bonds is 5. The topological polar surface area (TPSA) is 25.2 Å². The third-order valence-electron chi connectivity index (χ3n) is 2.82. The molecule has 1 aromatic heterocycles. The van der Waals surface area contributed by atoms with Gasteiger partial charge in [0.15, 0.2) is 0 Å². The highest BCUT2D eigenvalue weighted by atomic mass is 16.3. The van der Waals surface area contributed by atoms with E-state index in [1.54, 1.807) is 0 Å².